The predicted octanol–water partition coefficient (Wildman–Crippen LogP) is 4.52. The fourth-order valence-electron chi connectivity index (χ4n) is 2.24. The predicted molar refractivity (Wildman–Crippen MR) is 70.4 cm³/mol. The Labute approximate surface area is 97.0 Å². The van der Waals surface area contributed by atoms with Crippen LogP contribution in [0.15, 0.2) is 0 Å². The van der Waals surface area contributed by atoms with Crippen LogP contribution in [0.25, 0.3) is 0 Å². The summed E-state index contributed by atoms with van der Waals surface area (Å²) in [6, 6.07) is 0. The molecular weight excluding hydrogens is 182 g/mol. The van der Waals surface area contributed by atoms with Gasteiger partial charge in [0.25, 0.3) is 0 Å². The van der Waals surface area contributed by atoms with Crippen LogP contribution in [0.4, 0.5) is 0 Å². The lowest BCUT2D eigenvalue weighted by molar-refractivity contribution is 0.296. The molecule has 0 saturated heterocycles. The van der Waals surface area contributed by atoms with Crippen molar-refractivity contribution in [1.29, 1.82) is 0 Å². The molecular formula is C14H31N. The molecule has 0 aromatic heterocycles. The molecule has 0 aromatic rings. The molecule has 0 rings (SSSR count). The second-order valence-electron chi connectivity index (χ2n) is 5.01. The van der Waals surface area contributed by atoms with Crippen molar-refractivity contribution in [2.75, 3.05) is 6.54 Å². The van der Waals surface area contributed by atoms with Gasteiger partial charge in [0.15, 0.2) is 0 Å². The minimum Gasteiger partial charge on any atom is -0.312 e. The van der Waals surface area contributed by atoms with E-state index >= 15 is 0 Å². The molecule has 0 aliphatic heterocycles. The van der Waals surface area contributed by atoms with Gasteiger partial charge in [0.2, 0.25) is 0 Å². The monoisotopic (exact) mass is 213 g/mol. The van der Waals surface area contributed by atoms with Crippen LogP contribution in [0.3, 0.4) is 0 Å². The SMILES string of the molecule is CCCCCCC(C)(CCCC)NCC. The van der Waals surface area contributed by atoms with E-state index in [4.69, 9.17) is 0 Å². The van der Waals surface area contributed by atoms with Crippen molar-refractivity contribution in [3.8, 4) is 0 Å². The third kappa shape index (κ3) is 7.84. The first-order valence-electron chi connectivity index (χ1n) is 6.93. The van der Waals surface area contributed by atoms with Crippen molar-refractivity contribution in [3.05, 3.63) is 0 Å². The van der Waals surface area contributed by atoms with Gasteiger partial charge in [-0.05, 0) is 26.3 Å². The summed E-state index contributed by atoms with van der Waals surface area (Å²) in [5, 5.41) is 3.67. The van der Waals surface area contributed by atoms with Crippen molar-refractivity contribution in [2.45, 2.75) is 84.6 Å². The number of nitrogens with one attached hydrogen (secondary N) is 1. The Morgan fingerprint density at radius 1 is 0.800 bits per heavy atom. The van der Waals surface area contributed by atoms with Crippen molar-refractivity contribution in [1.82, 2.24) is 5.32 Å². The molecule has 1 nitrogen and oxygen atoms in total. The molecule has 0 spiro atoms. The van der Waals surface area contributed by atoms with Crippen molar-refractivity contribution in [2.24, 2.45) is 0 Å². The van der Waals surface area contributed by atoms with E-state index in [1.54, 1.807) is 0 Å². The number of rotatable bonds is 10. The molecule has 1 N–H and O–H groups in total. The average molecular weight is 213 g/mol. The Balaban J connectivity index is 3.78. The standard InChI is InChI=1S/C14H31N/c1-5-8-10-11-13-14(4,15-7-3)12-9-6-2/h15H,5-13H2,1-4H3. The van der Waals surface area contributed by atoms with Crippen LogP contribution in [0.5, 0.6) is 0 Å². The van der Waals surface area contributed by atoms with Crippen LogP contribution in [0, 0.1) is 0 Å². The third-order valence-electron chi connectivity index (χ3n) is 3.27. The normalized spacial score (nSPS) is 15.2. The van der Waals surface area contributed by atoms with Gasteiger partial charge in [-0.1, -0.05) is 59.3 Å². The number of unbranched alkanes of at least 4 members (excludes halogenated alkanes) is 4. The molecule has 0 fully saturated rings. The topological polar surface area (TPSA) is 12.0 Å². The van der Waals surface area contributed by atoms with Crippen LogP contribution in [-0.4, -0.2) is 12.1 Å². The van der Waals surface area contributed by atoms with E-state index in [1.807, 2.05) is 0 Å². The second-order valence-corrected chi connectivity index (χ2v) is 5.01. The van der Waals surface area contributed by atoms with Crippen LogP contribution in [-0.2, 0) is 0 Å². The van der Waals surface area contributed by atoms with Crippen LogP contribution >= 0.6 is 0 Å². The number of hydrogen-bond donors (Lipinski definition) is 1. The first kappa shape index (κ1) is 15.0. The Morgan fingerprint density at radius 3 is 1.93 bits per heavy atom. The van der Waals surface area contributed by atoms with Crippen molar-refractivity contribution in [3.63, 3.8) is 0 Å². The number of hydrogen-bond acceptors (Lipinski definition) is 1. The minimum absolute atomic E-state index is 0.401. The lowest BCUT2D eigenvalue weighted by atomic mass is 9.88. The molecule has 0 aromatic carbocycles. The maximum atomic E-state index is 3.67. The summed E-state index contributed by atoms with van der Waals surface area (Å²) in [6.07, 6.45) is 10.9. The zero-order valence-electron chi connectivity index (χ0n) is 11.4. The van der Waals surface area contributed by atoms with Crippen molar-refractivity contribution >= 4 is 0 Å². The van der Waals surface area contributed by atoms with Gasteiger partial charge in [-0.25, -0.2) is 0 Å². The zero-order chi connectivity index (χ0) is 11.6. The fourth-order valence-corrected chi connectivity index (χ4v) is 2.24. The molecule has 15 heavy (non-hydrogen) atoms. The van der Waals surface area contributed by atoms with Crippen LogP contribution < -0.4 is 5.32 Å². The van der Waals surface area contributed by atoms with E-state index in [9.17, 15) is 0 Å². The molecule has 92 valence electrons. The van der Waals surface area contributed by atoms with Gasteiger partial charge in [0.1, 0.15) is 0 Å². The molecule has 0 radical (unpaired) electrons. The summed E-state index contributed by atoms with van der Waals surface area (Å²) >= 11 is 0. The van der Waals surface area contributed by atoms with Gasteiger partial charge in [0, 0.05) is 5.54 Å². The van der Waals surface area contributed by atoms with Gasteiger partial charge in [0.05, 0.1) is 0 Å². The summed E-state index contributed by atoms with van der Waals surface area (Å²) in [5.41, 5.74) is 0.401. The first-order chi connectivity index (χ1) is 7.18. The van der Waals surface area contributed by atoms with Gasteiger partial charge < -0.3 is 5.32 Å². The highest BCUT2D eigenvalue weighted by Gasteiger charge is 2.20. The maximum Gasteiger partial charge on any atom is 0.0153 e. The summed E-state index contributed by atoms with van der Waals surface area (Å²) < 4.78 is 0. The molecule has 1 unspecified atom stereocenters. The fraction of sp³-hybridized carbons (Fsp3) is 1.00. The second kappa shape index (κ2) is 9.21. The highest BCUT2D eigenvalue weighted by Crippen LogP contribution is 2.21. The summed E-state index contributed by atoms with van der Waals surface area (Å²) in [7, 11) is 0. The Kier molecular flexibility index (Phi) is 9.18. The maximum absolute atomic E-state index is 3.67. The highest BCUT2D eigenvalue weighted by atomic mass is 14.9. The molecule has 0 saturated carbocycles. The largest absolute Gasteiger partial charge is 0.312 e. The molecule has 0 aliphatic rings. The van der Waals surface area contributed by atoms with Gasteiger partial charge in [-0.15, -0.1) is 0 Å². The molecule has 1 heteroatoms. The first-order valence-corrected chi connectivity index (χ1v) is 6.93. The Bertz CT molecular complexity index is 133. The van der Waals surface area contributed by atoms with Gasteiger partial charge in [-0.2, -0.15) is 0 Å². The van der Waals surface area contributed by atoms with E-state index in [1.165, 1.54) is 51.4 Å². The minimum atomic E-state index is 0.401. The van der Waals surface area contributed by atoms with E-state index in [-0.39, 0.29) is 0 Å². The van der Waals surface area contributed by atoms with Gasteiger partial charge >= 0.3 is 0 Å². The Hall–Kier alpha value is -0.0400. The Morgan fingerprint density at radius 2 is 1.40 bits per heavy atom. The quantitative estimate of drug-likeness (QED) is 0.526. The molecule has 1 atom stereocenters. The molecule has 0 amide bonds. The van der Waals surface area contributed by atoms with E-state index < -0.39 is 0 Å². The van der Waals surface area contributed by atoms with Gasteiger partial charge in [-0.3, -0.25) is 0 Å². The smallest absolute Gasteiger partial charge is 0.0153 e. The molecule has 0 aliphatic carbocycles. The lowest BCUT2D eigenvalue weighted by Gasteiger charge is -2.31. The van der Waals surface area contributed by atoms with E-state index in [2.05, 4.69) is 33.0 Å². The summed E-state index contributed by atoms with van der Waals surface area (Å²) in [4.78, 5) is 0. The van der Waals surface area contributed by atoms with E-state index in [0.717, 1.165) is 6.54 Å². The molecule has 0 bridgehead atoms. The summed E-state index contributed by atoms with van der Waals surface area (Å²) in [5.74, 6) is 0. The van der Waals surface area contributed by atoms with E-state index in [0.29, 0.717) is 5.54 Å². The zero-order valence-corrected chi connectivity index (χ0v) is 11.4. The third-order valence-corrected chi connectivity index (χ3v) is 3.27. The molecule has 0 heterocycles. The summed E-state index contributed by atoms with van der Waals surface area (Å²) in [6.45, 7) is 10.3. The lowest BCUT2D eigenvalue weighted by Crippen LogP contribution is -2.42. The highest BCUT2D eigenvalue weighted by molar-refractivity contribution is 4.82. The average Bonchev–Trinajstić information content (AvgIpc) is 2.22. The van der Waals surface area contributed by atoms with Crippen molar-refractivity contribution < 1.29 is 0 Å². The van der Waals surface area contributed by atoms with Crippen LogP contribution in [0.2, 0.25) is 0 Å². The van der Waals surface area contributed by atoms with Crippen LogP contribution in [0.1, 0.15) is 79.1 Å².